The number of carbonyl (C=O) groups is 3. The first kappa shape index (κ1) is 14.6. The Bertz CT molecular complexity index is 828. The third kappa shape index (κ3) is 2.87. The molecule has 0 radical (unpaired) electrons. The molecule has 23 heavy (non-hydrogen) atoms. The maximum atomic E-state index is 11.9. The molecule has 0 bridgehead atoms. The Hall–Kier alpha value is -3.28. The van der Waals surface area contributed by atoms with Crippen LogP contribution in [0.1, 0.15) is 26.4 Å². The molecule has 0 spiro atoms. The normalized spacial score (nSPS) is 13.5. The minimum atomic E-state index is -0.370. The Labute approximate surface area is 132 Å². The van der Waals surface area contributed by atoms with Crippen molar-refractivity contribution in [3.63, 3.8) is 0 Å². The maximum absolute atomic E-state index is 11.9. The van der Waals surface area contributed by atoms with Gasteiger partial charge in [-0.3, -0.25) is 24.3 Å². The third-order valence-electron chi connectivity index (χ3n) is 3.45. The summed E-state index contributed by atoms with van der Waals surface area (Å²) in [5, 5.41) is 2.66. The van der Waals surface area contributed by atoms with Gasteiger partial charge < -0.3 is 5.32 Å². The zero-order valence-electron chi connectivity index (χ0n) is 12.3. The number of anilines is 1. The van der Waals surface area contributed by atoms with E-state index in [0.29, 0.717) is 22.5 Å². The minimum absolute atomic E-state index is 0.295. The highest BCUT2D eigenvalue weighted by Crippen LogP contribution is 2.24. The molecule has 1 aromatic heterocycles. The summed E-state index contributed by atoms with van der Waals surface area (Å²) in [6, 6.07) is 10.0. The molecule has 0 atom stereocenters. The predicted octanol–water partition coefficient (Wildman–Crippen LogP) is 1.96. The van der Waals surface area contributed by atoms with Crippen molar-refractivity contribution in [2.75, 3.05) is 12.4 Å². The van der Waals surface area contributed by atoms with Crippen LogP contribution in [0.5, 0.6) is 0 Å². The van der Waals surface area contributed by atoms with E-state index in [9.17, 15) is 14.4 Å². The highest BCUT2D eigenvalue weighted by atomic mass is 16.2. The first-order valence-corrected chi connectivity index (χ1v) is 6.93. The van der Waals surface area contributed by atoms with Gasteiger partial charge in [0.15, 0.2) is 0 Å². The topological polar surface area (TPSA) is 79.4 Å². The van der Waals surface area contributed by atoms with Gasteiger partial charge in [0.05, 0.1) is 16.8 Å². The molecule has 114 valence electrons. The Morgan fingerprint density at radius 2 is 1.91 bits per heavy atom. The van der Waals surface area contributed by atoms with E-state index in [1.54, 1.807) is 30.5 Å². The Morgan fingerprint density at radius 1 is 1.13 bits per heavy atom. The van der Waals surface area contributed by atoms with Crippen LogP contribution in [0, 0.1) is 0 Å². The first-order chi connectivity index (χ1) is 11.1. The number of nitrogens with zero attached hydrogens (tertiary/aromatic N) is 2. The monoisotopic (exact) mass is 307 g/mol. The number of hydrogen-bond acceptors (Lipinski definition) is 4. The molecule has 0 saturated heterocycles. The Morgan fingerprint density at radius 3 is 2.65 bits per heavy atom. The zero-order chi connectivity index (χ0) is 16.4. The summed E-state index contributed by atoms with van der Waals surface area (Å²) in [7, 11) is 1.43. The molecule has 0 saturated carbocycles. The summed E-state index contributed by atoms with van der Waals surface area (Å²) in [5.74, 6) is -1.05. The second kappa shape index (κ2) is 5.84. The number of pyridine rings is 1. The second-order valence-electron chi connectivity index (χ2n) is 5.01. The Kier molecular flexibility index (Phi) is 3.72. The van der Waals surface area contributed by atoms with Crippen LogP contribution in [0.15, 0.2) is 48.7 Å². The van der Waals surface area contributed by atoms with Gasteiger partial charge in [0.25, 0.3) is 11.8 Å². The van der Waals surface area contributed by atoms with Crippen molar-refractivity contribution in [2.24, 2.45) is 0 Å². The second-order valence-corrected chi connectivity index (χ2v) is 5.01. The predicted molar refractivity (Wildman–Crippen MR) is 84.8 cm³/mol. The highest BCUT2D eigenvalue weighted by molar-refractivity contribution is 6.21. The van der Waals surface area contributed by atoms with E-state index in [1.165, 1.54) is 25.3 Å². The van der Waals surface area contributed by atoms with Crippen LogP contribution in [0.2, 0.25) is 0 Å². The van der Waals surface area contributed by atoms with Crippen molar-refractivity contribution in [1.29, 1.82) is 0 Å². The molecular weight excluding hydrogens is 294 g/mol. The van der Waals surface area contributed by atoms with E-state index in [2.05, 4.69) is 10.3 Å². The van der Waals surface area contributed by atoms with Crippen LogP contribution >= 0.6 is 0 Å². The molecule has 6 nitrogen and oxygen atoms in total. The van der Waals surface area contributed by atoms with Crippen molar-refractivity contribution < 1.29 is 14.4 Å². The summed E-state index contributed by atoms with van der Waals surface area (Å²) in [6.07, 6.45) is 4.58. The lowest BCUT2D eigenvalue weighted by atomic mass is 10.1. The maximum Gasteiger partial charge on any atom is 0.261 e. The molecule has 0 aliphatic carbocycles. The lowest BCUT2D eigenvalue weighted by Crippen LogP contribution is -2.24. The number of nitrogens with one attached hydrogen (secondary N) is 1. The van der Waals surface area contributed by atoms with Crippen molar-refractivity contribution >= 4 is 29.5 Å². The smallest absolute Gasteiger partial charge is 0.261 e. The average molecular weight is 307 g/mol. The van der Waals surface area contributed by atoms with Crippen LogP contribution in [0.25, 0.3) is 6.08 Å². The van der Waals surface area contributed by atoms with Gasteiger partial charge in [-0.25, -0.2) is 0 Å². The van der Waals surface area contributed by atoms with Gasteiger partial charge in [-0.05, 0) is 36.4 Å². The molecule has 2 heterocycles. The molecule has 0 unspecified atom stereocenters. The molecule has 0 fully saturated rings. The largest absolute Gasteiger partial charge is 0.322 e. The molecular formula is C17H13N3O3. The SMILES string of the molecule is CN1C(=O)c2ccc(NC(=O)/C=C/c3ccccn3)cc2C1=O. The molecule has 2 aromatic rings. The van der Waals surface area contributed by atoms with E-state index in [-0.39, 0.29) is 17.7 Å². The fourth-order valence-corrected chi connectivity index (χ4v) is 2.26. The summed E-state index contributed by atoms with van der Waals surface area (Å²) in [6.45, 7) is 0. The van der Waals surface area contributed by atoms with Gasteiger partial charge in [0, 0.05) is 25.0 Å². The van der Waals surface area contributed by atoms with Gasteiger partial charge in [0.1, 0.15) is 0 Å². The standard InChI is InChI=1S/C17H13N3O3/c1-20-16(22)13-7-5-12(10-14(13)17(20)23)19-15(21)8-6-11-4-2-3-9-18-11/h2-10H,1H3,(H,19,21)/b8-6+. The summed E-state index contributed by atoms with van der Waals surface area (Å²) >= 11 is 0. The fourth-order valence-electron chi connectivity index (χ4n) is 2.26. The van der Waals surface area contributed by atoms with Crippen LogP contribution < -0.4 is 5.32 Å². The molecule has 1 aliphatic heterocycles. The molecule has 1 N–H and O–H groups in total. The fraction of sp³-hybridized carbons (Fsp3) is 0.0588. The average Bonchev–Trinajstić information content (AvgIpc) is 2.78. The number of rotatable bonds is 3. The van der Waals surface area contributed by atoms with Crippen LogP contribution in [0.4, 0.5) is 5.69 Å². The van der Waals surface area contributed by atoms with Gasteiger partial charge >= 0.3 is 0 Å². The summed E-state index contributed by atoms with van der Waals surface area (Å²) in [5.41, 5.74) is 1.76. The molecule has 3 amide bonds. The van der Waals surface area contributed by atoms with Crippen LogP contribution in [0.3, 0.4) is 0 Å². The van der Waals surface area contributed by atoms with Gasteiger partial charge in [-0.2, -0.15) is 0 Å². The van der Waals surface area contributed by atoms with Gasteiger partial charge in [-0.1, -0.05) is 6.07 Å². The lowest BCUT2D eigenvalue weighted by molar-refractivity contribution is -0.111. The van der Waals surface area contributed by atoms with Crippen LogP contribution in [-0.2, 0) is 4.79 Å². The van der Waals surface area contributed by atoms with Crippen molar-refractivity contribution in [3.8, 4) is 0 Å². The summed E-state index contributed by atoms with van der Waals surface area (Å²) < 4.78 is 0. The number of imide groups is 1. The van der Waals surface area contributed by atoms with E-state index >= 15 is 0 Å². The van der Waals surface area contributed by atoms with Gasteiger partial charge in [-0.15, -0.1) is 0 Å². The van der Waals surface area contributed by atoms with Crippen LogP contribution in [-0.4, -0.2) is 34.7 Å². The number of aromatic nitrogens is 1. The van der Waals surface area contributed by atoms with E-state index < -0.39 is 0 Å². The van der Waals surface area contributed by atoms with E-state index in [4.69, 9.17) is 0 Å². The van der Waals surface area contributed by atoms with Crippen molar-refractivity contribution in [3.05, 3.63) is 65.5 Å². The summed E-state index contributed by atoms with van der Waals surface area (Å²) in [4.78, 5) is 40.8. The quantitative estimate of drug-likeness (QED) is 0.694. The number of fused-ring (bicyclic) bond motifs is 1. The van der Waals surface area contributed by atoms with Gasteiger partial charge in [0.2, 0.25) is 5.91 Å². The molecule has 1 aliphatic rings. The van der Waals surface area contributed by atoms with Crippen molar-refractivity contribution in [1.82, 2.24) is 9.88 Å². The third-order valence-corrected chi connectivity index (χ3v) is 3.45. The minimum Gasteiger partial charge on any atom is -0.322 e. The first-order valence-electron chi connectivity index (χ1n) is 6.93. The number of hydrogen-bond donors (Lipinski definition) is 1. The van der Waals surface area contributed by atoms with E-state index in [0.717, 1.165) is 4.90 Å². The molecule has 3 rings (SSSR count). The van der Waals surface area contributed by atoms with Crippen molar-refractivity contribution in [2.45, 2.75) is 0 Å². The highest BCUT2D eigenvalue weighted by Gasteiger charge is 2.32. The number of benzene rings is 1. The Balaban J connectivity index is 1.75. The molecule has 1 aromatic carbocycles. The molecule has 6 heteroatoms. The zero-order valence-corrected chi connectivity index (χ0v) is 12.3. The number of carbonyl (C=O) groups excluding carboxylic acids is 3. The number of amides is 3. The lowest BCUT2D eigenvalue weighted by Gasteiger charge is -2.03. The van der Waals surface area contributed by atoms with E-state index in [1.807, 2.05) is 6.07 Å².